The molecule has 0 aliphatic carbocycles. The maximum Gasteiger partial charge on any atom is 0.164 e. The van der Waals surface area contributed by atoms with Gasteiger partial charge in [-0.1, -0.05) is 50.2 Å². The maximum atomic E-state index is 11.8. The first-order chi connectivity index (χ1) is 17.7. The topological polar surface area (TPSA) is 44.0 Å². The fourth-order valence-electron chi connectivity index (χ4n) is 4.89. The summed E-state index contributed by atoms with van der Waals surface area (Å²) in [6.07, 6.45) is 3.16. The molecule has 37 heavy (non-hydrogen) atoms. The third-order valence-corrected chi connectivity index (χ3v) is 6.62. The normalized spacial score (nSPS) is 11.2. The van der Waals surface area contributed by atoms with E-state index in [4.69, 9.17) is 0 Å². The van der Waals surface area contributed by atoms with Gasteiger partial charge in [0, 0.05) is 46.1 Å². The second-order valence-electron chi connectivity index (χ2n) is 9.32. The Bertz CT molecular complexity index is 1400. The first kappa shape index (κ1) is 27.7. The zero-order chi connectivity index (χ0) is 27.1. The van der Waals surface area contributed by atoms with Crippen molar-refractivity contribution in [1.29, 1.82) is 0 Å². The highest BCUT2D eigenvalue weighted by molar-refractivity contribution is 5.97. The fraction of sp³-hybridized carbons (Fsp3) is 0.273. The lowest BCUT2D eigenvalue weighted by molar-refractivity contribution is -0.112. The number of Topliss-reactive ketones (excluding diaryl/α,β-unsaturated/α-hetero) is 1. The van der Waals surface area contributed by atoms with E-state index < -0.39 is 0 Å². The predicted molar refractivity (Wildman–Crippen MR) is 154 cm³/mol. The van der Waals surface area contributed by atoms with Gasteiger partial charge in [0.2, 0.25) is 0 Å². The molecule has 2 aromatic heterocycles. The molecule has 0 atom stereocenters. The Labute approximate surface area is 221 Å². The summed E-state index contributed by atoms with van der Waals surface area (Å²) < 4.78 is 4.36. The fourth-order valence-corrected chi connectivity index (χ4v) is 4.89. The Morgan fingerprint density at radius 3 is 1.51 bits per heavy atom. The standard InChI is InChI=1S/C18H21NO.C15H17NO/c1-5-16(12-14(3)20)18-11-13(2)19(15(18)4)17-9-7-6-8-10-17;1-4-15(17)14-10-11(2)16(12(14)3)13-8-6-5-7-9-13/h6-12H,5H2,1-4H3;5-10H,4H2,1-3H3/b16-12+;. The van der Waals surface area contributed by atoms with Gasteiger partial charge < -0.3 is 9.13 Å². The minimum atomic E-state index is 0.103. The number of carbonyl (C=O) groups excluding carboxylic acids is 2. The van der Waals surface area contributed by atoms with E-state index in [0.717, 1.165) is 40.3 Å². The van der Waals surface area contributed by atoms with Gasteiger partial charge in [-0.25, -0.2) is 0 Å². The van der Waals surface area contributed by atoms with Crippen LogP contribution in [0.4, 0.5) is 0 Å². The summed E-state index contributed by atoms with van der Waals surface area (Å²) in [6, 6.07) is 24.6. The third-order valence-electron chi connectivity index (χ3n) is 6.62. The quantitative estimate of drug-likeness (QED) is 0.192. The number of carbonyl (C=O) groups is 2. The Kier molecular flexibility index (Phi) is 9.24. The van der Waals surface area contributed by atoms with Crippen molar-refractivity contribution in [3.8, 4) is 11.4 Å². The van der Waals surface area contributed by atoms with Crippen molar-refractivity contribution in [3.63, 3.8) is 0 Å². The molecule has 4 heteroatoms. The van der Waals surface area contributed by atoms with Crippen LogP contribution in [-0.2, 0) is 4.79 Å². The van der Waals surface area contributed by atoms with E-state index in [1.165, 1.54) is 17.0 Å². The minimum Gasteiger partial charge on any atom is -0.318 e. The lowest BCUT2D eigenvalue weighted by Crippen LogP contribution is -2.02. The van der Waals surface area contributed by atoms with Crippen LogP contribution in [0.25, 0.3) is 16.9 Å². The zero-order valence-electron chi connectivity index (χ0n) is 23.1. The first-order valence-electron chi connectivity index (χ1n) is 12.9. The molecule has 0 N–H and O–H groups in total. The minimum absolute atomic E-state index is 0.103. The van der Waals surface area contributed by atoms with E-state index in [1.54, 1.807) is 13.0 Å². The average molecular weight is 495 g/mol. The molecule has 4 aromatic rings. The van der Waals surface area contributed by atoms with Gasteiger partial charge in [0.1, 0.15) is 0 Å². The van der Waals surface area contributed by atoms with Crippen molar-refractivity contribution in [2.45, 2.75) is 61.3 Å². The molecule has 0 saturated carbocycles. The maximum absolute atomic E-state index is 11.8. The van der Waals surface area contributed by atoms with Gasteiger partial charge in [0.05, 0.1) is 0 Å². The second-order valence-corrected chi connectivity index (χ2v) is 9.32. The molecule has 0 fully saturated rings. The van der Waals surface area contributed by atoms with Crippen molar-refractivity contribution >= 4 is 17.1 Å². The van der Waals surface area contributed by atoms with Crippen LogP contribution in [0, 0.1) is 27.7 Å². The van der Waals surface area contributed by atoms with Crippen LogP contribution >= 0.6 is 0 Å². The van der Waals surface area contributed by atoms with Crippen LogP contribution < -0.4 is 0 Å². The number of allylic oxidation sites excluding steroid dienone is 2. The van der Waals surface area contributed by atoms with E-state index in [-0.39, 0.29) is 11.6 Å². The monoisotopic (exact) mass is 494 g/mol. The molecular weight excluding hydrogens is 456 g/mol. The molecule has 2 heterocycles. The second kappa shape index (κ2) is 12.4. The highest BCUT2D eigenvalue weighted by Gasteiger charge is 2.15. The van der Waals surface area contributed by atoms with Crippen LogP contribution in [0.15, 0.2) is 78.9 Å². The van der Waals surface area contributed by atoms with Gasteiger partial charge in [-0.2, -0.15) is 0 Å². The molecule has 4 rings (SSSR count). The smallest absolute Gasteiger partial charge is 0.164 e. The number of hydrogen-bond acceptors (Lipinski definition) is 2. The number of rotatable bonds is 7. The molecule has 0 aliphatic rings. The van der Waals surface area contributed by atoms with Gasteiger partial charge in [0.25, 0.3) is 0 Å². The van der Waals surface area contributed by atoms with Gasteiger partial charge in [-0.3, -0.25) is 9.59 Å². The summed E-state index contributed by atoms with van der Waals surface area (Å²) in [5.41, 5.74) is 9.89. The number of aryl methyl sites for hydroxylation is 2. The summed E-state index contributed by atoms with van der Waals surface area (Å²) in [5.74, 6) is 0.312. The Morgan fingerprint density at radius 1 is 0.676 bits per heavy atom. The molecule has 192 valence electrons. The lowest BCUT2D eigenvalue weighted by atomic mass is 10.0. The summed E-state index contributed by atoms with van der Waals surface area (Å²) in [4.78, 5) is 23.2. The molecular formula is C33H38N2O2. The number of benzene rings is 2. The lowest BCUT2D eigenvalue weighted by Gasteiger charge is -2.10. The zero-order valence-corrected chi connectivity index (χ0v) is 23.1. The summed E-state index contributed by atoms with van der Waals surface area (Å²) >= 11 is 0. The van der Waals surface area contributed by atoms with E-state index in [9.17, 15) is 9.59 Å². The van der Waals surface area contributed by atoms with Gasteiger partial charge in [0.15, 0.2) is 11.6 Å². The van der Waals surface area contributed by atoms with Gasteiger partial charge >= 0.3 is 0 Å². The summed E-state index contributed by atoms with van der Waals surface area (Å²) in [6.45, 7) is 13.8. The SMILES string of the molecule is CC/C(=C\C(C)=O)c1cc(C)n(-c2ccccc2)c1C.CCC(=O)c1cc(C)n(-c2ccccc2)c1C. The highest BCUT2D eigenvalue weighted by Crippen LogP contribution is 2.28. The van der Waals surface area contributed by atoms with Crippen LogP contribution in [0.2, 0.25) is 0 Å². The predicted octanol–water partition coefficient (Wildman–Crippen LogP) is 8.16. The number of ketones is 2. The Morgan fingerprint density at radius 2 is 1.11 bits per heavy atom. The molecule has 0 amide bonds. The highest BCUT2D eigenvalue weighted by atomic mass is 16.1. The van der Waals surface area contributed by atoms with Gasteiger partial charge in [-0.05, 0) is 94.7 Å². The van der Waals surface area contributed by atoms with Gasteiger partial charge in [-0.15, -0.1) is 0 Å². The number of aromatic nitrogens is 2. The molecule has 2 aromatic carbocycles. The van der Waals surface area contributed by atoms with Crippen LogP contribution in [0.1, 0.15) is 72.3 Å². The molecule has 0 unspecified atom stereocenters. The molecule has 4 nitrogen and oxygen atoms in total. The van der Waals surface area contributed by atoms with Crippen molar-refractivity contribution in [1.82, 2.24) is 9.13 Å². The molecule has 0 saturated heterocycles. The van der Waals surface area contributed by atoms with Crippen molar-refractivity contribution in [3.05, 3.63) is 113 Å². The number of nitrogens with zero attached hydrogens (tertiary/aromatic N) is 2. The number of hydrogen-bond donors (Lipinski definition) is 0. The molecule has 0 bridgehead atoms. The Balaban J connectivity index is 0.000000208. The van der Waals surface area contributed by atoms with Crippen molar-refractivity contribution in [2.75, 3.05) is 0 Å². The molecule has 0 aliphatic heterocycles. The van der Waals surface area contributed by atoms with Crippen LogP contribution in [0.3, 0.4) is 0 Å². The van der Waals surface area contributed by atoms with Crippen molar-refractivity contribution < 1.29 is 9.59 Å². The average Bonchev–Trinajstić information content (AvgIpc) is 3.37. The van der Waals surface area contributed by atoms with E-state index in [2.05, 4.69) is 60.2 Å². The van der Waals surface area contributed by atoms with E-state index in [1.807, 2.05) is 63.2 Å². The first-order valence-corrected chi connectivity index (χ1v) is 12.9. The van der Waals surface area contributed by atoms with Crippen molar-refractivity contribution in [2.24, 2.45) is 0 Å². The molecule has 0 spiro atoms. The Hall–Kier alpha value is -3.92. The molecule has 0 radical (unpaired) electrons. The van der Waals surface area contributed by atoms with Crippen LogP contribution in [-0.4, -0.2) is 20.7 Å². The summed E-state index contributed by atoms with van der Waals surface area (Å²) in [7, 11) is 0. The van der Waals surface area contributed by atoms with E-state index >= 15 is 0 Å². The number of para-hydroxylation sites is 2. The largest absolute Gasteiger partial charge is 0.318 e. The van der Waals surface area contributed by atoms with Crippen LogP contribution in [0.5, 0.6) is 0 Å². The summed E-state index contributed by atoms with van der Waals surface area (Å²) in [5, 5.41) is 0. The van der Waals surface area contributed by atoms with E-state index in [0.29, 0.717) is 6.42 Å². The third kappa shape index (κ3) is 6.26.